The molecule has 4 aromatic carbocycles. The fourth-order valence-corrected chi connectivity index (χ4v) is 14.0. The van der Waals surface area contributed by atoms with E-state index in [0.717, 1.165) is 31.8 Å². The average molecular weight is 1050 g/mol. The van der Waals surface area contributed by atoms with E-state index in [2.05, 4.69) is 30.4 Å². The summed E-state index contributed by atoms with van der Waals surface area (Å²) >= 11 is 0. The molecule has 2 unspecified atom stereocenters. The molecule has 20 heteroatoms. The minimum atomic E-state index is -4.12. The molecule has 2 aromatic heterocycles. The number of carbonyl (C=O) groups is 2. The Labute approximate surface area is 417 Å². The van der Waals surface area contributed by atoms with E-state index < -0.39 is 57.0 Å². The molecule has 71 heavy (non-hydrogen) atoms. The van der Waals surface area contributed by atoms with Gasteiger partial charge in [0.05, 0.1) is 44.7 Å². The van der Waals surface area contributed by atoms with Crippen molar-refractivity contribution < 1.29 is 43.3 Å². The Hall–Kier alpha value is -5.38. The van der Waals surface area contributed by atoms with Crippen LogP contribution >= 0.6 is 0 Å². The fraction of sp³-hybridized carbons (Fsp3) is 0.412. The Morgan fingerprint density at radius 1 is 0.606 bits per heavy atom. The number of anilines is 2. The lowest BCUT2D eigenvalue weighted by molar-refractivity contribution is 0.103. The van der Waals surface area contributed by atoms with Crippen LogP contribution in [0.3, 0.4) is 0 Å². The summed E-state index contributed by atoms with van der Waals surface area (Å²) < 4.78 is 118. The number of nitrogens with one attached hydrogen (secondary N) is 4. The first kappa shape index (κ1) is 52.0. The van der Waals surface area contributed by atoms with Crippen LogP contribution in [0.15, 0.2) is 101 Å². The van der Waals surface area contributed by atoms with Crippen LogP contribution < -0.4 is 18.9 Å². The zero-order chi connectivity index (χ0) is 51.8. The van der Waals surface area contributed by atoms with Gasteiger partial charge in [0.1, 0.15) is 0 Å². The number of nitrogens with zero attached hydrogens (tertiary/aromatic N) is 2. The molecule has 2 saturated carbocycles. The summed E-state index contributed by atoms with van der Waals surface area (Å²) in [6.45, 7) is 12.9. The number of carbonyl (C=O) groups excluding carboxylic acids is 2. The molecule has 380 valence electrons. The molecule has 0 amide bonds. The van der Waals surface area contributed by atoms with Crippen LogP contribution in [0, 0.1) is 11.8 Å². The highest BCUT2D eigenvalue weighted by molar-refractivity contribution is 7.92. The molecule has 2 fully saturated rings. The normalized spacial score (nSPS) is 19.2. The van der Waals surface area contributed by atoms with E-state index in [9.17, 15) is 43.3 Å². The highest BCUT2D eigenvalue weighted by atomic mass is 32.2. The molecule has 16 nitrogen and oxygen atoms in total. The summed E-state index contributed by atoms with van der Waals surface area (Å²) in [6.07, 6.45) is 9.57. The number of sulfonamides is 4. The lowest BCUT2D eigenvalue weighted by Crippen LogP contribution is -2.40. The second kappa shape index (κ2) is 18.6. The van der Waals surface area contributed by atoms with Gasteiger partial charge in [-0.3, -0.25) is 19.0 Å². The maximum Gasteiger partial charge on any atom is 0.241 e. The van der Waals surface area contributed by atoms with Crippen molar-refractivity contribution in [1.29, 1.82) is 0 Å². The number of aromatic nitrogens is 2. The van der Waals surface area contributed by atoms with Crippen LogP contribution in [-0.2, 0) is 46.6 Å². The van der Waals surface area contributed by atoms with E-state index in [1.807, 2.05) is 10.8 Å². The summed E-state index contributed by atoms with van der Waals surface area (Å²) in [7, 11) is -15.3. The average Bonchev–Trinajstić information content (AvgIpc) is 3.93. The van der Waals surface area contributed by atoms with Crippen molar-refractivity contribution >= 4 is 84.8 Å². The third-order valence-corrected chi connectivity index (χ3v) is 17.5. The summed E-state index contributed by atoms with van der Waals surface area (Å²) in [5.41, 5.74) is 1.98. The Morgan fingerprint density at radius 2 is 1.14 bits per heavy atom. The molecule has 2 heterocycles. The van der Waals surface area contributed by atoms with E-state index in [4.69, 9.17) is 0 Å². The van der Waals surface area contributed by atoms with Gasteiger partial charge in [-0.05, 0) is 164 Å². The van der Waals surface area contributed by atoms with Crippen LogP contribution in [0.4, 0.5) is 11.4 Å². The van der Waals surface area contributed by atoms with Crippen molar-refractivity contribution in [2.24, 2.45) is 11.8 Å². The van der Waals surface area contributed by atoms with Gasteiger partial charge in [-0.1, -0.05) is 19.1 Å². The van der Waals surface area contributed by atoms with Gasteiger partial charge in [-0.25, -0.2) is 43.1 Å². The third kappa shape index (κ3) is 11.9. The number of ketones is 2. The van der Waals surface area contributed by atoms with Gasteiger partial charge >= 0.3 is 0 Å². The Morgan fingerprint density at radius 3 is 1.70 bits per heavy atom. The van der Waals surface area contributed by atoms with Crippen molar-refractivity contribution in [2.45, 2.75) is 120 Å². The molecular formula is C51H62N6O10S4. The van der Waals surface area contributed by atoms with Gasteiger partial charge in [0, 0.05) is 69.1 Å². The molecule has 6 aromatic rings. The monoisotopic (exact) mass is 1050 g/mol. The molecule has 0 aliphatic heterocycles. The van der Waals surface area contributed by atoms with Crippen LogP contribution in [0.5, 0.6) is 0 Å². The second-order valence-electron chi connectivity index (χ2n) is 21.7. The standard InChI is InChI=1S/C51H62N6O10S4/c1-31-13-16-39(19-31)57-30-45(43-18-15-38(27-47(43)57)53-69(9,62)63)49(59)36-22-35(24-41(25-36)71(66,67)55-51(5,6)7)34-20-32(21-34)28-56-29-44(42-17-14-37(26-46(42)56)52-68(8,60)61)48(58)33-11-10-12-40(23-33)70(64,65)54-50(2,3)4/h10-12,14-15,17-18,22-27,29-32,34,39,52-55H,13,16,19-21,28H2,1-9H3. The zero-order valence-corrected chi connectivity index (χ0v) is 44.6. The van der Waals surface area contributed by atoms with E-state index >= 15 is 0 Å². The van der Waals surface area contributed by atoms with Crippen LogP contribution in [0.1, 0.15) is 130 Å². The number of rotatable bonds is 16. The lowest BCUT2D eigenvalue weighted by atomic mass is 9.71. The maximum atomic E-state index is 14.9. The van der Waals surface area contributed by atoms with Crippen molar-refractivity contribution in [3.8, 4) is 0 Å². The third-order valence-electron chi connectivity index (χ3n) is 12.8. The van der Waals surface area contributed by atoms with Crippen LogP contribution in [-0.4, -0.2) is 78.0 Å². The van der Waals surface area contributed by atoms with E-state index in [0.29, 0.717) is 69.5 Å². The zero-order valence-electron chi connectivity index (χ0n) is 41.3. The van der Waals surface area contributed by atoms with Crippen molar-refractivity contribution in [1.82, 2.24) is 18.6 Å². The minimum Gasteiger partial charge on any atom is -0.346 e. The topological polar surface area (TPSA) is 229 Å². The molecule has 0 spiro atoms. The first-order valence-corrected chi connectivity index (χ1v) is 30.2. The molecule has 4 N–H and O–H groups in total. The molecule has 0 bridgehead atoms. The van der Waals surface area contributed by atoms with Gasteiger partial charge in [0.15, 0.2) is 11.6 Å². The quantitative estimate of drug-likeness (QED) is 0.0676. The van der Waals surface area contributed by atoms with Gasteiger partial charge < -0.3 is 9.13 Å². The number of hydrogen-bond acceptors (Lipinski definition) is 10. The van der Waals surface area contributed by atoms with Crippen molar-refractivity contribution in [2.75, 3.05) is 22.0 Å². The van der Waals surface area contributed by atoms with Gasteiger partial charge in [-0.2, -0.15) is 0 Å². The lowest BCUT2D eigenvalue weighted by Gasteiger charge is -2.36. The second-order valence-corrected chi connectivity index (χ2v) is 28.5. The SMILES string of the molecule is CC1CCC(n2cc(C(=O)c3cc(C4CC(Cn5cc(C(=O)c6cccc(S(=O)(=O)NC(C)(C)C)c6)c6ccc(NS(C)(=O)=O)cc65)C4)cc(S(=O)(=O)NC(C)(C)C)c3)c3ccc(NS(C)(=O)=O)cc32)C1. The summed E-state index contributed by atoms with van der Waals surface area (Å²) in [4.78, 5) is 29.1. The van der Waals surface area contributed by atoms with Gasteiger partial charge in [-0.15, -0.1) is 0 Å². The predicted octanol–water partition coefficient (Wildman–Crippen LogP) is 8.51. The van der Waals surface area contributed by atoms with Crippen molar-refractivity contribution in [3.05, 3.63) is 119 Å². The summed E-state index contributed by atoms with van der Waals surface area (Å²) in [5.74, 6) is -0.489. The van der Waals surface area contributed by atoms with Crippen molar-refractivity contribution in [3.63, 3.8) is 0 Å². The molecular weight excluding hydrogens is 985 g/mol. The van der Waals surface area contributed by atoms with E-state index in [1.54, 1.807) is 102 Å². The molecule has 0 saturated heterocycles. The van der Waals surface area contributed by atoms with Crippen LogP contribution in [0.25, 0.3) is 21.8 Å². The number of hydrogen-bond donors (Lipinski definition) is 4. The molecule has 2 aliphatic rings. The molecule has 8 rings (SSSR count). The molecule has 0 radical (unpaired) electrons. The highest BCUT2D eigenvalue weighted by Gasteiger charge is 2.35. The number of fused-ring (bicyclic) bond motifs is 2. The predicted molar refractivity (Wildman–Crippen MR) is 278 cm³/mol. The largest absolute Gasteiger partial charge is 0.346 e. The van der Waals surface area contributed by atoms with Crippen LogP contribution in [0.2, 0.25) is 0 Å². The van der Waals surface area contributed by atoms with Gasteiger partial charge in [0.2, 0.25) is 40.1 Å². The maximum absolute atomic E-state index is 14.9. The van der Waals surface area contributed by atoms with E-state index in [-0.39, 0.29) is 50.3 Å². The highest BCUT2D eigenvalue weighted by Crippen LogP contribution is 2.45. The van der Waals surface area contributed by atoms with Gasteiger partial charge in [0.25, 0.3) is 0 Å². The summed E-state index contributed by atoms with van der Waals surface area (Å²) in [5, 5.41) is 1.15. The smallest absolute Gasteiger partial charge is 0.241 e. The van der Waals surface area contributed by atoms with E-state index in [1.165, 1.54) is 24.3 Å². The first-order valence-electron chi connectivity index (χ1n) is 23.5. The first-order chi connectivity index (χ1) is 32.8. The number of benzene rings is 4. The minimum absolute atomic E-state index is 0.00986. The fourth-order valence-electron chi connectivity index (χ4n) is 9.96. The Kier molecular flexibility index (Phi) is 13.6. The summed E-state index contributed by atoms with van der Waals surface area (Å²) in [6, 6.07) is 20.6. The molecule has 2 atom stereocenters. The molecule has 2 aliphatic carbocycles. The Bertz CT molecular complexity index is 3580. The Balaban J connectivity index is 1.13.